The standard InChI is InChI=1S/C20H30N4O3S/c1-5-9-17(14-22(2)3)16-28(26,27)24-13-12-23(4)15-19(24)20(25)21-18-10-7-6-8-11-18/h5-11,14,19H,12-13,15-16H2,1-4H3,(H,21,25)/b9-5-,17-14+. The van der Waals surface area contributed by atoms with Crippen LogP contribution in [-0.2, 0) is 14.8 Å². The van der Waals surface area contributed by atoms with Crippen molar-refractivity contribution in [3.63, 3.8) is 0 Å². The van der Waals surface area contributed by atoms with Gasteiger partial charge in [0.2, 0.25) is 15.9 Å². The highest BCUT2D eigenvalue weighted by atomic mass is 32.2. The number of hydrogen-bond acceptors (Lipinski definition) is 5. The normalized spacial score (nSPS) is 19.7. The van der Waals surface area contributed by atoms with Gasteiger partial charge in [0.05, 0.1) is 5.75 Å². The molecule has 8 heteroatoms. The quantitative estimate of drug-likeness (QED) is 0.696. The molecule has 28 heavy (non-hydrogen) atoms. The summed E-state index contributed by atoms with van der Waals surface area (Å²) < 4.78 is 27.7. The van der Waals surface area contributed by atoms with Crippen molar-refractivity contribution in [2.24, 2.45) is 0 Å². The molecule has 1 unspecified atom stereocenters. The first-order chi connectivity index (χ1) is 13.2. The van der Waals surface area contributed by atoms with Crippen molar-refractivity contribution in [3.8, 4) is 0 Å². The summed E-state index contributed by atoms with van der Waals surface area (Å²) >= 11 is 0. The van der Waals surface area contributed by atoms with Crippen molar-refractivity contribution < 1.29 is 13.2 Å². The number of para-hydroxylation sites is 1. The summed E-state index contributed by atoms with van der Waals surface area (Å²) in [6, 6.07) is 8.32. The maximum Gasteiger partial charge on any atom is 0.244 e. The number of anilines is 1. The Morgan fingerprint density at radius 3 is 2.54 bits per heavy atom. The molecule has 1 amide bonds. The number of hydrogen-bond donors (Lipinski definition) is 1. The third-order valence-corrected chi connectivity index (χ3v) is 6.24. The minimum Gasteiger partial charge on any atom is -0.383 e. The lowest BCUT2D eigenvalue weighted by molar-refractivity contribution is -0.121. The molecule has 1 aliphatic rings. The summed E-state index contributed by atoms with van der Waals surface area (Å²) in [5.74, 6) is -0.459. The van der Waals surface area contributed by atoms with E-state index in [1.807, 2.05) is 62.1 Å². The highest BCUT2D eigenvalue weighted by molar-refractivity contribution is 7.89. The van der Waals surface area contributed by atoms with Gasteiger partial charge in [-0.2, -0.15) is 4.31 Å². The molecule has 1 fully saturated rings. The Hall–Kier alpha value is -2.16. The van der Waals surface area contributed by atoms with Crippen LogP contribution < -0.4 is 5.32 Å². The fraction of sp³-hybridized carbons (Fsp3) is 0.450. The second kappa shape index (κ2) is 9.86. The number of piperazine rings is 1. The van der Waals surface area contributed by atoms with Gasteiger partial charge >= 0.3 is 0 Å². The first kappa shape index (κ1) is 22.1. The summed E-state index contributed by atoms with van der Waals surface area (Å²) in [5, 5.41) is 2.84. The molecule has 2 rings (SSSR count). The zero-order valence-corrected chi connectivity index (χ0v) is 17.8. The Morgan fingerprint density at radius 2 is 1.93 bits per heavy atom. The van der Waals surface area contributed by atoms with Crippen molar-refractivity contribution >= 4 is 21.6 Å². The van der Waals surface area contributed by atoms with Gasteiger partial charge in [-0.15, -0.1) is 0 Å². The third kappa shape index (κ3) is 6.19. The minimum atomic E-state index is -3.66. The first-order valence-electron chi connectivity index (χ1n) is 9.26. The topological polar surface area (TPSA) is 73.0 Å². The third-order valence-electron chi connectivity index (χ3n) is 4.39. The fourth-order valence-corrected chi connectivity index (χ4v) is 4.83. The lowest BCUT2D eigenvalue weighted by atomic mass is 10.2. The van der Waals surface area contributed by atoms with E-state index in [9.17, 15) is 13.2 Å². The zero-order valence-electron chi connectivity index (χ0n) is 17.0. The van der Waals surface area contributed by atoms with Crippen molar-refractivity contribution in [2.45, 2.75) is 13.0 Å². The Kier molecular flexibility index (Phi) is 7.79. The second-order valence-electron chi connectivity index (χ2n) is 7.17. The molecule has 0 aliphatic carbocycles. The maximum absolute atomic E-state index is 13.2. The number of allylic oxidation sites excluding steroid dienone is 2. The Balaban J connectivity index is 2.25. The molecule has 154 valence electrons. The molecule has 0 saturated carbocycles. The van der Waals surface area contributed by atoms with Gasteiger partial charge in [0, 0.05) is 45.6 Å². The first-order valence-corrected chi connectivity index (χ1v) is 10.9. The molecule has 0 radical (unpaired) electrons. The van der Waals surface area contributed by atoms with E-state index in [1.54, 1.807) is 24.4 Å². The van der Waals surface area contributed by atoms with Crippen LogP contribution in [0.4, 0.5) is 5.69 Å². The maximum atomic E-state index is 13.2. The van der Waals surface area contributed by atoms with Crippen LogP contribution in [0.25, 0.3) is 0 Å². The van der Waals surface area contributed by atoms with E-state index in [2.05, 4.69) is 5.32 Å². The van der Waals surface area contributed by atoms with Crippen LogP contribution in [0, 0.1) is 0 Å². The molecule has 7 nitrogen and oxygen atoms in total. The average molecular weight is 407 g/mol. The van der Waals surface area contributed by atoms with Crippen LogP contribution in [0.5, 0.6) is 0 Å². The number of nitrogens with zero attached hydrogens (tertiary/aromatic N) is 3. The van der Waals surface area contributed by atoms with E-state index in [0.29, 0.717) is 24.4 Å². The van der Waals surface area contributed by atoms with E-state index in [-0.39, 0.29) is 18.2 Å². The van der Waals surface area contributed by atoms with Gasteiger partial charge in [0.25, 0.3) is 0 Å². The lowest BCUT2D eigenvalue weighted by Gasteiger charge is -2.38. The highest BCUT2D eigenvalue weighted by Gasteiger charge is 2.38. The van der Waals surface area contributed by atoms with Gasteiger partial charge in [-0.05, 0) is 31.7 Å². The van der Waals surface area contributed by atoms with Crippen molar-refractivity contribution in [1.29, 1.82) is 0 Å². The predicted molar refractivity (Wildman–Crippen MR) is 113 cm³/mol. The number of sulfonamides is 1. The summed E-state index contributed by atoms with van der Waals surface area (Å²) in [6.45, 7) is 3.08. The molecule has 0 bridgehead atoms. The number of likely N-dealkylation sites (N-methyl/N-ethyl adjacent to an activating group) is 1. The Labute approximate surface area is 168 Å². The van der Waals surface area contributed by atoms with Gasteiger partial charge in [-0.1, -0.05) is 30.4 Å². The van der Waals surface area contributed by atoms with E-state index < -0.39 is 16.1 Å². The number of amides is 1. The average Bonchev–Trinajstić information content (AvgIpc) is 2.61. The molecule has 1 heterocycles. The Bertz CT molecular complexity index is 819. The second-order valence-corrected chi connectivity index (χ2v) is 9.09. The Morgan fingerprint density at radius 1 is 1.25 bits per heavy atom. The minimum absolute atomic E-state index is 0.144. The SMILES string of the molecule is C/C=C\C(=C/N(C)C)CS(=O)(=O)N1CCN(C)CC1C(=O)Nc1ccccc1. The van der Waals surface area contributed by atoms with E-state index in [4.69, 9.17) is 0 Å². The van der Waals surface area contributed by atoms with Gasteiger partial charge in [-0.25, -0.2) is 8.42 Å². The number of carbonyl (C=O) groups excluding carboxylic acids is 1. The fourth-order valence-electron chi connectivity index (χ4n) is 3.16. The molecular formula is C20H30N4O3S. The summed E-state index contributed by atoms with van der Waals surface area (Å²) in [6.07, 6.45) is 5.38. The van der Waals surface area contributed by atoms with Crippen LogP contribution in [-0.4, -0.2) is 81.0 Å². The van der Waals surface area contributed by atoms with Crippen LogP contribution >= 0.6 is 0 Å². The highest BCUT2D eigenvalue weighted by Crippen LogP contribution is 2.19. The van der Waals surface area contributed by atoms with Crippen LogP contribution in [0.1, 0.15) is 6.92 Å². The van der Waals surface area contributed by atoms with Gasteiger partial charge in [0.15, 0.2) is 0 Å². The molecule has 1 atom stereocenters. The van der Waals surface area contributed by atoms with E-state index in [0.717, 1.165) is 0 Å². The molecule has 1 N–H and O–H groups in total. The molecular weight excluding hydrogens is 376 g/mol. The smallest absolute Gasteiger partial charge is 0.244 e. The molecule has 0 spiro atoms. The monoisotopic (exact) mass is 406 g/mol. The summed E-state index contributed by atoms with van der Waals surface area (Å²) in [7, 11) is 1.93. The van der Waals surface area contributed by atoms with Crippen molar-refractivity contribution in [3.05, 3.63) is 54.3 Å². The molecule has 1 aromatic carbocycles. The molecule has 1 aliphatic heterocycles. The number of nitrogens with one attached hydrogen (secondary N) is 1. The largest absolute Gasteiger partial charge is 0.383 e. The van der Waals surface area contributed by atoms with Crippen molar-refractivity contribution in [2.75, 3.05) is 51.8 Å². The van der Waals surface area contributed by atoms with Gasteiger partial charge in [0.1, 0.15) is 6.04 Å². The van der Waals surface area contributed by atoms with E-state index in [1.165, 1.54) is 4.31 Å². The number of carbonyl (C=O) groups is 1. The predicted octanol–water partition coefficient (Wildman–Crippen LogP) is 1.59. The molecule has 0 aromatic heterocycles. The number of rotatable bonds is 7. The van der Waals surface area contributed by atoms with Crippen molar-refractivity contribution in [1.82, 2.24) is 14.1 Å². The molecule has 1 aromatic rings. The zero-order chi connectivity index (χ0) is 20.7. The number of benzene rings is 1. The van der Waals surface area contributed by atoms with Gasteiger partial charge < -0.3 is 15.1 Å². The van der Waals surface area contributed by atoms with E-state index >= 15 is 0 Å². The lowest BCUT2D eigenvalue weighted by Crippen LogP contribution is -2.59. The van der Waals surface area contributed by atoms with Crippen LogP contribution in [0.15, 0.2) is 54.3 Å². The summed E-state index contributed by atoms with van der Waals surface area (Å²) in [5.41, 5.74) is 1.33. The molecule has 1 saturated heterocycles. The summed E-state index contributed by atoms with van der Waals surface area (Å²) in [4.78, 5) is 16.7. The van der Waals surface area contributed by atoms with Crippen LogP contribution in [0.3, 0.4) is 0 Å². The van der Waals surface area contributed by atoms with Gasteiger partial charge in [-0.3, -0.25) is 4.79 Å². The van der Waals surface area contributed by atoms with Crippen LogP contribution in [0.2, 0.25) is 0 Å².